The Labute approximate surface area is 98.1 Å². The Hall–Kier alpha value is -1.56. The Morgan fingerprint density at radius 1 is 1.31 bits per heavy atom. The van der Waals surface area contributed by atoms with Crippen LogP contribution in [0.2, 0.25) is 0 Å². The number of nitrogens with zero attached hydrogens (tertiary/aromatic N) is 2. The van der Waals surface area contributed by atoms with Gasteiger partial charge in [0, 0.05) is 9.75 Å². The lowest BCUT2D eigenvalue weighted by Crippen LogP contribution is -2.26. The topological polar surface area (TPSA) is 103 Å². The van der Waals surface area contributed by atoms with Crippen LogP contribution in [-0.2, 0) is 19.4 Å². The Morgan fingerprint density at radius 2 is 2.12 bits per heavy atom. The van der Waals surface area contributed by atoms with Crippen molar-refractivity contribution in [2.75, 3.05) is 0 Å². The normalized spacial score (nSPS) is 14.9. The number of fused-ring (bicyclic) bond motifs is 1. The minimum absolute atomic E-state index is 0.0603. The maximum Gasteiger partial charge on any atom is 0.218 e. The SMILES string of the molecule is NC(N)=NC(N)=NCc1cc2c(s1)CCC2. The summed E-state index contributed by atoms with van der Waals surface area (Å²) in [5.41, 5.74) is 17.4. The number of thiophene rings is 1. The number of hydrogen-bond acceptors (Lipinski definition) is 2. The lowest BCUT2D eigenvalue weighted by molar-refractivity contribution is 0.912. The lowest BCUT2D eigenvalue weighted by atomic mass is 10.2. The molecule has 2 rings (SSSR count). The van der Waals surface area contributed by atoms with Crippen LogP contribution in [0.3, 0.4) is 0 Å². The number of aryl methyl sites for hydroxylation is 2. The molecule has 5 nitrogen and oxygen atoms in total. The van der Waals surface area contributed by atoms with Gasteiger partial charge in [-0.3, -0.25) is 0 Å². The van der Waals surface area contributed by atoms with Gasteiger partial charge in [0.2, 0.25) is 5.96 Å². The van der Waals surface area contributed by atoms with Gasteiger partial charge in [0.05, 0.1) is 6.54 Å². The highest BCUT2D eigenvalue weighted by molar-refractivity contribution is 7.12. The molecule has 0 bridgehead atoms. The van der Waals surface area contributed by atoms with E-state index < -0.39 is 0 Å². The van der Waals surface area contributed by atoms with E-state index >= 15 is 0 Å². The van der Waals surface area contributed by atoms with Crippen molar-refractivity contribution in [3.8, 4) is 0 Å². The molecule has 1 aliphatic rings. The summed E-state index contributed by atoms with van der Waals surface area (Å²) in [5.74, 6) is 0.0727. The van der Waals surface area contributed by atoms with E-state index in [2.05, 4.69) is 16.1 Å². The van der Waals surface area contributed by atoms with E-state index in [1.165, 1.54) is 34.6 Å². The van der Waals surface area contributed by atoms with Crippen molar-refractivity contribution < 1.29 is 0 Å². The molecule has 0 atom stereocenters. The quantitative estimate of drug-likeness (QED) is 0.510. The van der Waals surface area contributed by atoms with Crippen molar-refractivity contribution in [3.63, 3.8) is 0 Å². The molecule has 0 aromatic carbocycles. The molecule has 1 aromatic heterocycles. The molecular formula is C10H15N5S. The summed E-state index contributed by atoms with van der Waals surface area (Å²) in [5, 5.41) is 0. The van der Waals surface area contributed by atoms with Crippen LogP contribution in [0.25, 0.3) is 0 Å². The predicted octanol–water partition coefficient (Wildman–Crippen LogP) is 0.325. The van der Waals surface area contributed by atoms with E-state index in [9.17, 15) is 0 Å². The van der Waals surface area contributed by atoms with E-state index in [4.69, 9.17) is 17.2 Å². The number of rotatable bonds is 2. The van der Waals surface area contributed by atoms with Crippen molar-refractivity contribution in [1.29, 1.82) is 0 Å². The summed E-state index contributed by atoms with van der Waals surface area (Å²) in [6, 6.07) is 2.21. The van der Waals surface area contributed by atoms with Crippen LogP contribution in [0.15, 0.2) is 16.1 Å². The first-order valence-electron chi connectivity index (χ1n) is 5.15. The van der Waals surface area contributed by atoms with Gasteiger partial charge >= 0.3 is 0 Å². The average Bonchev–Trinajstić information content (AvgIpc) is 2.72. The maximum atomic E-state index is 5.52. The largest absolute Gasteiger partial charge is 0.370 e. The zero-order valence-corrected chi connectivity index (χ0v) is 9.76. The number of aliphatic imine (C=N–C) groups is 2. The highest BCUT2D eigenvalue weighted by Crippen LogP contribution is 2.30. The third kappa shape index (κ3) is 2.52. The summed E-state index contributed by atoms with van der Waals surface area (Å²) in [4.78, 5) is 10.5. The standard InChI is InChI=1S/C10H15N5S/c11-9(12)15-10(13)14-5-7-4-6-2-1-3-8(6)16-7/h4H,1-3,5H2,(H6,11,12,13,14,15). The fraction of sp³-hybridized carbons (Fsp3) is 0.400. The van der Waals surface area contributed by atoms with E-state index in [0.29, 0.717) is 6.54 Å². The molecule has 1 aromatic rings. The molecule has 0 amide bonds. The molecular weight excluding hydrogens is 222 g/mol. The minimum atomic E-state index is -0.0603. The maximum absolute atomic E-state index is 5.52. The van der Waals surface area contributed by atoms with Gasteiger partial charge in [-0.1, -0.05) is 0 Å². The molecule has 0 unspecified atom stereocenters. The fourth-order valence-electron chi connectivity index (χ4n) is 1.80. The molecule has 0 aliphatic heterocycles. The van der Waals surface area contributed by atoms with Crippen LogP contribution in [0.4, 0.5) is 0 Å². The molecule has 0 fully saturated rings. The predicted molar refractivity (Wildman–Crippen MR) is 67.5 cm³/mol. The zero-order chi connectivity index (χ0) is 11.5. The summed E-state index contributed by atoms with van der Waals surface area (Å²) >= 11 is 1.81. The van der Waals surface area contributed by atoms with Crippen molar-refractivity contribution in [2.24, 2.45) is 27.2 Å². The van der Waals surface area contributed by atoms with E-state index in [0.717, 1.165) is 0 Å². The molecule has 6 heteroatoms. The second-order valence-corrected chi connectivity index (χ2v) is 4.95. The molecule has 0 spiro atoms. The molecule has 1 aliphatic carbocycles. The van der Waals surface area contributed by atoms with Gasteiger partial charge in [-0.25, -0.2) is 4.99 Å². The highest BCUT2D eigenvalue weighted by atomic mass is 32.1. The third-order valence-electron chi connectivity index (χ3n) is 2.44. The minimum Gasteiger partial charge on any atom is -0.370 e. The summed E-state index contributed by atoms with van der Waals surface area (Å²) < 4.78 is 0. The number of guanidine groups is 2. The molecule has 16 heavy (non-hydrogen) atoms. The summed E-state index contributed by atoms with van der Waals surface area (Å²) in [6.45, 7) is 0.556. The Bertz CT molecular complexity index is 421. The van der Waals surface area contributed by atoms with E-state index in [1.54, 1.807) is 0 Å². The van der Waals surface area contributed by atoms with Gasteiger partial charge in [-0.2, -0.15) is 4.99 Å². The third-order valence-corrected chi connectivity index (χ3v) is 3.66. The zero-order valence-electron chi connectivity index (χ0n) is 8.94. The van der Waals surface area contributed by atoms with Crippen LogP contribution >= 0.6 is 11.3 Å². The smallest absolute Gasteiger partial charge is 0.218 e. The average molecular weight is 237 g/mol. The van der Waals surface area contributed by atoms with Gasteiger partial charge in [0.25, 0.3) is 0 Å². The Balaban J connectivity index is 2.02. The van der Waals surface area contributed by atoms with E-state index in [1.807, 2.05) is 11.3 Å². The Morgan fingerprint density at radius 3 is 2.81 bits per heavy atom. The second-order valence-electron chi connectivity index (χ2n) is 3.73. The van der Waals surface area contributed by atoms with Gasteiger partial charge in [0.15, 0.2) is 5.96 Å². The van der Waals surface area contributed by atoms with Crippen LogP contribution in [0.1, 0.15) is 21.7 Å². The molecule has 86 valence electrons. The molecule has 0 saturated heterocycles. The molecule has 0 saturated carbocycles. The first-order valence-corrected chi connectivity index (χ1v) is 5.97. The van der Waals surface area contributed by atoms with E-state index in [-0.39, 0.29) is 11.9 Å². The van der Waals surface area contributed by atoms with Crippen molar-refractivity contribution in [3.05, 3.63) is 21.4 Å². The van der Waals surface area contributed by atoms with Crippen LogP contribution in [-0.4, -0.2) is 11.9 Å². The number of nitrogens with two attached hydrogens (primary N) is 3. The van der Waals surface area contributed by atoms with Crippen molar-refractivity contribution in [2.45, 2.75) is 25.8 Å². The lowest BCUT2D eigenvalue weighted by Gasteiger charge is -1.94. The fourth-order valence-corrected chi connectivity index (χ4v) is 2.98. The van der Waals surface area contributed by atoms with Crippen molar-refractivity contribution >= 4 is 23.3 Å². The monoisotopic (exact) mass is 237 g/mol. The second kappa shape index (κ2) is 4.52. The molecule has 1 heterocycles. The van der Waals surface area contributed by atoms with Crippen molar-refractivity contribution in [1.82, 2.24) is 0 Å². The Kier molecular flexibility index (Phi) is 3.09. The van der Waals surface area contributed by atoms with Crippen LogP contribution in [0, 0.1) is 0 Å². The first kappa shape index (κ1) is 10.9. The van der Waals surface area contributed by atoms with Gasteiger partial charge in [-0.05, 0) is 30.9 Å². The highest BCUT2D eigenvalue weighted by Gasteiger charge is 2.14. The van der Waals surface area contributed by atoms with Gasteiger partial charge in [0.1, 0.15) is 0 Å². The van der Waals surface area contributed by atoms with Gasteiger partial charge < -0.3 is 17.2 Å². The summed E-state index contributed by atoms with van der Waals surface area (Å²) in [6.07, 6.45) is 3.67. The van der Waals surface area contributed by atoms with Crippen LogP contribution < -0.4 is 17.2 Å². The number of hydrogen-bond donors (Lipinski definition) is 3. The van der Waals surface area contributed by atoms with Crippen LogP contribution in [0.5, 0.6) is 0 Å². The molecule has 6 N–H and O–H groups in total. The molecule has 0 radical (unpaired) electrons. The van der Waals surface area contributed by atoms with Gasteiger partial charge in [-0.15, -0.1) is 11.3 Å². The first-order chi connectivity index (χ1) is 7.65. The summed E-state index contributed by atoms with van der Waals surface area (Å²) in [7, 11) is 0.